The largest absolute Gasteiger partial charge is 0.312 e. The molecule has 100 valence electrons. The van der Waals surface area contributed by atoms with Crippen LogP contribution >= 0.6 is 0 Å². The second-order valence-electron chi connectivity index (χ2n) is 8.15. The second-order valence-corrected chi connectivity index (χ2v) is 8.15. The molecule has 0 saturated carbocycles. The van der Waals surface area contributed by atoms with Gasteiger partial charge in [-0.1, -0.05) is 20.8 Å². The fourth-order valence-corrected chi connectivity index (χ4v) is 3.29. The Kier molecular flexibility index (Phi) is 3.33. The molecule has 2 fully saturated rings. The van der Waals surface area contributed by atoms with E-state index >= 15 is 0 Å². The molecule has 0 aromatic rings. The number of piperidine rings is 1. The summed E-state index contributed by atoms with van der Waals surface area (Å²) in [5.41, 5.74) is 0.781. The third kappa shape index (κ3) is 2.85. The summed E-state index contributed by atoms with van der Waals surface area (Å²) in [6.07, 6.45) is 1.41. The minimum absolute atomic E-state index is 0.330. The van der Waals surface area contributed by atoms with Gasteiger partial charge in [-0.05, 0) is 51.0 Å². The zero-order chi connectivity index (χ0) is 12.8. The van der Waals surface area contributed by atoms with Crippen molar-refractivity contribution >= 4 is 0 Å². The first kappa shape index (κ1) is 13.4. The van der Waals surface area contributed by atoms with Gasteiger partial charge in [0.2, 0.25) is 0 Å². The Morgan fingerprint density at radius 3 is 2.18 bits per heavy atom. The lowest BCUT2D eigenvalue weighted by atomic mass is 9.72. The highest BCUT2D eigenvalue weighted by Gasteiger charge is 2.42. The summed E-state index contributed by atoms with van der Waals surface area (Å²) in [6, 6.07) is 0.743. The molecule has 17 heavy (non-hydrogen) atoms. The first-order chi connectivity index (χ1) is 7.68. The molecule has 3 unspecified atom stereocenters. The average molecular weight is 238 g/mol. The monoisotopic (exact) mass is 238 g/mol. The molecule has 2 saturated heterocycles. The summed E-state index contributed by atoms with van der Waals surface area (Å²) in [5.74, 6) is 1.70. The topological polar surface area (TPSA) is 15.3 Å². The van der Waals surface area contributed by atoms with Crippen LogP contribution in [0.5, 0.6) is 0 Å². The van der Waals surface area contributed by atoms with Gasteiger partial charge in [0.05, 0.1) is 0 Å². The summed E-state index contributed by atoms with van der Waals surface area (Å²) >= 11 is 0. The first-order valence-corrected chi connectivity index (χ1v) is 7.16. The van der Waals surface area contributed by atoms with Crippen LogP contribution in [0.15, 0.2) is 0 Å². The van der Waals surface area contributed by atoms with E-state index in [4.69, 9.17) is 0 Å². The van der Waals surface area contributed by atoms with Crippen LogP contribution in [-0.2, 0) is 0 Å². The van der Waals surface area contributed by atoms with E-state index in [0.29, 0.717) is 11.0 Å². The number of likely N-dealkylation sites (tertiary alicyclic amines) is 1. The standard InChI is InChI=1S/C15H30N2/c1-14(2,3)12-7-11-9-17(15(4,5)6)10-13(11)16-8-12/h11-13,16H,7-10H2,1-6H3. The lowest BCUT2D eigenvalue weighted by Crippen LogP contribution is -2.48. The smallest absolute Gasteiger partial charge is 0.0235 e. The maximum atomic E-state index is 3.80. The van der Waals surface area contributed by atoms with Crippen LogP contribution in [0.1, 0.15) is 48.0 Å². The van der Waals surface area contributed by atoms with Gasteiger partial charge in [0, 0.05) is 24.7 Å². The SMILES string of the molecule is CC(C)(C)C1CNC2CN(C(C)(C)C)CC2C1. The molecule has 0 aromatic carbocycles. The van der Waals surface area contributed by atoms with Crippen LogP contribution in [0, 0.1) is 17.3 Å². The summed E-state index contributed by atoms with van der Waals surface area (Å²) in [6.45, 7) is 17.9. The van der Waals surface area contributed by atoms with E-state index in [1.54, 1.807) is 0 Å². The van der Waals surface area contributed by atoms with Crippen LogP contribution in [0.3, 0.4) is 0 Å². The molecule has 3 atom stereocenters. The molecule has 0 bridgehead atoms. The van der Waals surface area contributed by atoms with Crippen LogP contribution in [0.25, 0.3) is 0 Å². The third-order valence-electron chi connectivity index (χ3n) is 4.83. The predicted octanol–water partition coefficient (Wildman–Crippen LogP) is 2.74. The van der Waals surface area contributed by atoms with Crippen molar-refractivity contribution < 1.29 is 0 Å². The van der Waals surface area contributed by atoms with E-state index in [1.165, 1.54) is 26.1 Å². The van der Waals surface area contributed by atoms with Crippen molar-refractivity contribution in [2.75, 3.05) is 19.6 Å². The highest BCUT2D eigenvalue weighted by Crippen LogP contribution is 2.38. The van der Waals surface area contributed by atoms with Crippen molar-refractivity contribution in [3.05, 3.63) is 0 Å². The molecule has 2 nitrogen and oxygen atoms in total. The van der Waals surface area contributed by atoms with Gasteiger partial charge in [-0.25, -0.2) is 0 Å². The fourth-order valence-electron chi connectivity index (χ4n) is 3.29. The number of nitrogens with zero attached hydrogens (tertiary/aromatic N) is 1. The Bertz CT molecular complexity index is 260. The Morgan fingerprint density at radius 1 is 1.00 bits per heavy atom. The molecule has 2 aliphatic rings. The molecule has 2 rings (SSSR count). The van der Waals surface area contributed by atoms with Crippen molar-refractivity contribution in [2.45, 2.75) is 59.5 Å². The van der Waals surface area contributed by atoms with Crippen LogP contribution in [0.4, 0.5) is 0 Å². The first-order valence-electron chi connectivity index (χ1n) is 7.16. The van der Waals surface area contributed by atoms with Crippen LogP contribution < -0.4 is 5.32 Å². The minimum atomic E-state index is 0.330. The zero-order valence-corrected chi connectivity index (χ0v) is 12.5. The van der Waals surface area contributed by atoms with Gasteiger partial charge >= 0.3 is 0 Å². The Labute approximate surface area is 107 Å². The van der Waals surface area contributed by atoms with Crippen molar-refractivity contribution in [1.29, 1.82) is 0 Å². The molecular weight excluding hydrogens is 208 g/mol. The van der Waals surface area contributed by atoms with E-state index in [1.807, 2.05) is 0 Å². The molecule has 0 aliphatic carbocycles. The third-order valence-corrected chi connectivity index (χ3v) is 4.83. The molecule has 0 aromatic heterocycles. The predicted molar refractivity (Wildman–Crippen MR) is 74.2 cm³/mol. The highest BCUT2D eigenvalue weighted by atomic mass is 15.2. The normalized spacial score (nSPS) is 36.0. The van der Waals surface area contributed by atoms with E-state index in [-0.39, 0.29) is 0 Å². The number of nitrogens with one attached hydrogen (secondary N) is 1. The molecule has 0 radical (unpaired) electrons. The number of fused-ring (bicyclic) bond motifs is 1. The summed E-state index contributed by atoms with van der Waals surface area (Å²) in [4.78, 5) is 2.65. The van der Waals surface area contributed by atoms with Crippen molar-refractivity contribution in [3.8, 4) is 0 Å². The van der Waals surface area contributed by atoms with Gasteiger partial charge in [0.1, 0.15) is 0 Å². The maximum Gasteiger partial charge on any atom is 0.0235 e. The lowest BCUT2D eigenvalue weighted by Gasteiger charge is -2.39. The van der Waals surface area contributed by atoms with Crippen molar-refractivity contribution in [2.24, 2.45) is 17.3 Å². The quantitative estimate of drug-likeness (QED) is 0.698. The molecule has 2 heterocycles. The van der Waals surface area contributed by atoms with Crippen LogP contribution in [-0.4, -0.2) is 36.1 Å². The Balaban J connectivity index is 1.99. The summed E-state index contributed by atoms with van der Waals surface area (Å²) in [5, 5.41) is 3.80. The number of rotatable bonds is 0. The average Bonchev–Trinajstić information content (AvgIpc) is 2.57. The van der Waals surface area contributed by atoms with E-state index in [2.05, 4.69) is 51.8 Å². The Morgan fingerprint density at radius 2 is 1.65 bits per heavy atom. The maximum absolute atomic E-state index is 3.80. The number of hydrogen-bond donors (Lipinski definition) is 1. The van der Waals surface area contributed by atoms with Gasteiger partial charge in [0.15, 0.2) is 0 Å². The molecular formula is C15H30N2. The van der Waals surface area contributed by atoms with Gasteiger partial charge < -0.3 is 5.32 Å². The van der Waals surface area contributed by atoms with Crippen molar-refractivity contribution in [1.82, 2.24) is 10.2 Å². The minimum Gasteiger partial charge on any atom is -0.312 e. The second kappa shape index (κ2) is 4.24. The van der Waals surface area contributed by atoms with Gasteiger partial charge in [-0.2, -0.15) is 0 Å². The van der Waals surface area contributed by atoms with E-state index < -0.39 is 0 Å². The summed E-state index contributed by atoms with van der Waals surface area (Å²) < 4.78 is 0. The van der Waals surface area contributed by atoms with E-state index in [9.17, 15) is 0 Å². The molecule has 1 N–H and O–H groups in total. The molecule has 2 heteroatoms. The van der Waals surface area contributed by atoms with Crippen molar-refractivity contribution in [3.63, 3.8) is 0 Å². The summed E-state index contributed by atoms with van der Waals surface area (Å²) in [7, 11) is 0. The number of hydrogen-bond acceptors (Lipinski definition) is 2. The lowest BCUT2D eigenvalue weighted by molar-refractivity contribution is 0.139. The molecule has 0 spiro atoms. The fraction of sp³-hybridized carbons (Fsp3) is 1.00. The van der Waals surface area contributed by atoms with Crippen LogP contribution in [0.2, 0.25) is 0 Å². The van der Waals surface area contributed by atoms with Gasteiger partial charge in [-0.15, -0.1) is 0 Å². The molecule has 0 amide bonds. The highest BCUT2D eigenvalue weighted by molar-refractivity contribution is 4.99. The van der Waals surface area contributed by atoms with Gasteiger partial charge in [-0.3, -0.25) is 4.90 Å². The van der Waals surface area contributed by atoms with E-state index in [0.717, 1.165) is 17.9 Å². The zero-order valence-electron chi connectivity index (χ0n) is 12.5. The van der Waals surface area contributed by atoms with Gasteiger partial charge in [0.25, 0.3) is 0 Å². The molecule has 2 aliphatic heterocycles. The Hall–Kier alpha value is -0.0800.